The number of ether oxygens (including phenoxy) is 1. The molecule has 0 saturated carbocycles. The van der Waals surface area contributed by atoms with Gasteiger partial charge in [0.1, 0.15) is 0 Å². The van der Waals surface area contributed by atoms with Crippen molar-refractivity contribution >= 4 is 27.6 Å². The van der Waals surface area contributed by atoms with Crippen LogP contribution in [0.1, 0.15) is 36.7 Å². The quantitative estimate of drug-likeness (QED) is 0.682. The number of sulfonamides is 1. The second-order valence-electron chi connectivity index (χ2n) is 7.66. The van der Waals surface area contributed by atoms with E-state index >= 15 is 0 Å². The van der Waals surface area contributed by atoms with E-state index < -0.39 is 28.5 Å². The number of nitrogens with one attached hydrogen (secondary N) is 1. The maximum Gasteiger partial charge on any atom is 0.338 e. The Labute approximate surface area is 177 Å². The van der Waals surface area contributed by atoms with Crippen molar-refractivity contribution in [2.24, 2.45) is 5.92 Å². The number of rotatable bonds is 7. The fraction of sp³-hybridized carbons (Fsp3) is 0.364. The summed E-state index contributed by atoms with van der Waals surface area (Å²) >= 11 is 0. The number of hydrogen-bond acceptors (Lipinski definition) is 5. The Morgan fingerprint density at radius 3 is 2.57 bits per heavy atom. The summed E-state index contributed by atoms with van der Waals surface area (Å²) in [6.45, 7) is 5.75. The minimum Gasteiger partial charge on any atom is -0.452 e. The van der Waals surface area contributed by atoms with Crippen LogP contribution in [0.25, 0.3) is 0 Å². The summed E-state index contributed by atoms with van der Waals surface area (Å²) < 4.78 is 32.7. The molecule has 160 valence electrons. The molecule has 0 saturated heterocycles. The fourth-order valence-electron chi connectivity index (χ4n) is 3.15. The lowest BCUT2D eigenvalue weighted by Crippen LogP contribution is -2.38. The summed E-state index contributed by atoms with van der Waals surface area (Å²) in [4.78, 5) is 24.3. The van der Waals surface area contributed by atoms with Crippen molar-refractivity contribution < 1.29 is 22.7 Å². The van der Waals surface area contributed by atoms with Gasteiger partial charge in [0.05, 0.1) is 16.1 Å². The number of benzene rings is 2. The van der Waals surface area contributed by atoms with Crippen LogP contribution in [0.4, 0.5) is 5.69 Å². The highest BCUT2D eigenvalue weighted by molar-refractivity contribution is 7.92. The van der Waals surface area contributed by atoms with E-state index in [0.717, 1.165) is 5.56 Å². The molecule has 0 unspecified atom stereocenters. The average molecular weight is 431 g/mol. The van der Waals surface area contributed by atoms with Crippen molar-refractivity contribution in [2.45, 2.75) is 38.1 Å². The molecule has 7 nitrogen and oxygen atoms in total. The zero-order valence-corrected chi connectivity index (χ0v) is 18.1. The summed E-state index contributed by atoms with van der Waals surface area (Å²) in [6.07, 6.45) is 0.640. The summed E-state index contributed by atoms with van der Waals surface area (Å²) in [5.41, 5.74) is 1.70. The third-order valence-corrected chi connectivity index (χ3v) is 7.03. The van der Waals surface area contributed by atoms with Crippen LogP contribution in [0, 0.1) is 5.92 Å². The first-order valence-electron chi connectivity index (χ1n) is 9.87. The van der Waals surface area contributed by atoms with Gasteiger partial charge < -0.3 is 10.1 Å². The summed E-state index contributed by atoms with van der Waals surface area (Å²) in [7, 11) is -3.82. The standard InChI is InChI=1S/C22H26N2O5S/c1-15(2)16(3)23-21(25)14-29-22(26)18-8-6-9-19(13-18)30(27,28)24-12-11-17-7-4-5-10-20(17)24/h4-10,13,15-16H,11-12,14H2,1-3H3,(H,23,25)/t16-/m1/s1. The number of carbonyl (C=O) groups is 2. The van der Waals surface area contributed by atoms with Gasteiger partial charge in [0, 0.05) is 12.6 Å². The van der Waals surface area contributed by atoms with Crippen LogP contribution in [0.3, 0.4) is 0 Å². The smallest absolute Gasteiger partial charge is 0.338 e. The van der Waals surface area contributed by atoms with Gasteiger partial charge in [-0.05, 0) is 49.1 Å². The second kappa shape index (κ2) is 8.87. The Morgan fingerprint density at radius 2 is 1.83 bits per heavy atom. The minimum atomic E-state index is -3.82. The van der Waals surface area contributed by atoms with Gasteiger partial charge in [0.2, 0.25) is 0 Å². The highest BCUT2D eigenvalue weighted by atomic mass is 32.2. The number of anilines is 1. The van der Waals surface area contributed by atoms with Crippen LogP contribution >= 0.6 is 0 Å². The molecule has 0 spiro atoms. The highest BCUT2D eigenvalue weighted by Crippen LogP contribution is 2.32. The summed E-state index contributed by atoms with van der Waals surface area (Å²) in [5.74, 6) is -0.898. The molecular formula is C22H26N2O5S. The molecule has 1 heterocycles. The topological polar surface area (TPSA) is 92.8 Å². The molecule has 0 radical (unpaired) electrons. The lowest BCUT2D eigenvalue weighted by atomic mass is 10.1. The molecule has 3 rings (SSSR count). The normalized spacial score (nSPS) is 14.3. The van der Waals surface area contributed by atoms with Gasteiger partial charge in [0.15, 0.2) is 6.61 Å². The zero-order valence-electron chi connectivity index (χ0n) is 17.3. The zero-order chi connectivity index (χ0) is 21.9. The minimum absolute atomic E-state index is 0.00605. The lowest BCUT2D eigenvalue weighted by Gasteiger charge is -2.20. The van der Waals surface area contributed by atoms with Crippen LogP contribution < -0.4 is 9.62 Å². The molecule has 1 aliphatic rings. The summed E-state index contributed by atoms with van der Waals surface area (Å²) in [5, 5.41) is 2.75. The first-order chi connectivity index (χ1) is 14.2. The van der Waals surface area contributed by atoms with Gasteiger partial charge in [-0.25, -0.2) is 13.2 Å². The molecule has 0 bridgehead atoms. The van der Waals surface area contributed by atoms with Gasteiger partial charge >= 0.3 is 5.97 Å². The Morgan fingerprint density at radius 1 is 1.10 bits per heavy atom. The third kappa shape index (κ3) is 4.64. The number of fused-ring (bicyclic) bond motifs is 1. The predicted octanol–water partition coefficient (Wildman–Crippen LogP) is 2.76. The molecule has 30 heavy (non-hydrogen) atoms. The molecule has 2 aromatic carbocycles. The Bertz CT molecular complexity index is 1050. The first kappa shape index (κ1) is 21.8. The van der Waals surface area contributed by atoms with Gasteiger partial charge in [-0.2, -0.15) is 0 Å². The molecule has 1 atom stereocenters. The highest BCUT2D eigenvalue weighted by Gasteiger charge is 2.31. The maximum atomic E-state index is 13.1. The molecule has 8 heteroatoms. The van der Waals surface area contributed by atoms with E-state index in [9.17, 15) is 18.0 Å². The lowest BCUT2D eigenvalue weighted by molar-refractivity contribution is -0.125. The van der Waals surface area contributed by atoms with Crippen LogP contribution in [0.15, 0.2) is 53.4 Å². The van der Waals surface area contributed by atoms with E-state index in [1.807, 2.05) is 32.9 Å². The van der Waals surface area contributed by atoms with Crippen molar-refractivity contribution in [3.05, 3.63) is 59.7 Å². The molecule has 1 N–H and O–H groups in total. The number of carbonyl (C=O) groups excluding carboxylic acids is 2. The number of hydrogen-bond donors (Lipinski definition) is 1. The van der Waals surface area contributed by atoms with E-state index in [1.165, 1.54) is 28.6 Å². The largest absolute Gasteiger partial charge is 0.452 e. The van der Waals surface area contributed by atoms with Gasteiger partial charge in [-0.15, -0.1) is 0 Å². The first-order valence-corrected chi connectivity index (χ1v) is 11.3. The van der Waals surface area contributed by atoms with Gasteiger partial charge in [0.25, 0.3) is 15.9 Å². The number of amides is 1. The summed E-state index contributed by atoms with van der Waals surface area (Å²) in [6, 6.07) is 13.0. The Balaban J connectivity index is 1.72. The molecular weight excluding hydrogens is 404 g/mol. The molecule has 1 aliphatic heterocycles. The van der Waals surface area contributed by atoms with Crippen LogP contribution in [0.2, 0.25) is 0 Å². The average Bonchev–Trinajstić information content (AvgIpc) is 3.17. The van der Waals surface area contributed by atoms with Gasteiger partial charge in [-0.1, -0.05) is 38.1 Å². The van der Waals surface area contributed by atoms with E-state index in [4.69, 9.17) is 4.74 Å². The van der Waals surface area contributed by atoms with Crippen molar-refractivity contribution in [1.29, 1.82) is 0 Å². The van der Waals surface area contributed by atoms with Crippen LogP contribution in [-0.4, -0.2) is 39.5 Å². The van der Waals surface area contributed by atoms with Crippen LogP contribution in [0.5, 0.6) is 0 Å². The monoisotopic (exact) mass is 430 g/mol. The number of esters is 1. The van der Waals surface area contributed by atoms with E-state index in [0.29, 0.717) is 18.7 Å². The molecule has 2 aromatic rings. The van der Waals surface area contributed by atoms with E-state index in [1.54, 1.807) is 12.1 Å². The predicted molar refractivity (Wildman–Crippen MR) is 114 cm³/mol. The van der Waals surface area contributed by atoms with E-state index in [-0.39, 0.29) is 22.4 Å². The molecule has 0 aliphatic carbocycles. The SMILES string of the molecule is CC(C)[C@@H](C)NC(=O)COC(=O)c1cccc(S(=O)(=O)N2CCc3ccccc32)c1. The second-order valence-corrected chi connectivity index (χ2v) is 9.52. The van der Waals surface area contributed by atoms with Crippen molar-refractivity contribution in [3.63, 3.8) is 0 Å². The Hall–Kier alpha value is -2.87. The van der Waals surface area contributed by atoms with Crippen molar-refractivity contribution in [1.82, 2.24) is 5.32 Å². The third-order valence-electron chi connectivity index (χ3n) is 5.23. The number of nitrogens with zero attached hydrogens (tertiary/aromatic N) is 1. The molecule has 1 amide bonds. The fourth-order valence-corrected chi connectivity index (χ4v) is 4.69. The van der Waals surface area contributed by atoms with Crippen LogP contribution in [-0.2, 0) is 26.0 Å². The molecule has 0 fully saturated rings. The van der Waals surface area contributed by atoms with E-state index in [2.05, 4.69) is 5.32 Å². The molecule has 0 aromatic heterocycles. The Kier molecular flexibility index (Phi) is 6.45. The van der Waals surface area contributed by atoms with Crippen molar-refractivity contribution in [2.75, 3.05) is 17.5 Å². The number of para-hydroxylation sites is 1. The van der Waals surface area contributed by atoms with Gasteiger partial charge in [-0.3, -0.25) is 9.10 Å². The van der Waals surface area contributed by atoms with Crippen molar-refractivity contribution in [3.8, 4) is 0 Å². The maximum absolute atomic E-state index is 13.1.